The second-order valence-corrected chi connectivity index (χ2v) is 6.62. The largest absolute Gasteiger partial charge is 0.454 e. The Balaban J connectivity index is 1.35. The predicted molar refractivity (Wildman–Crippen MR) is 102 cm³/mol. The van der Waals surface area contributed by atoms with E-state index in [1.54, 1.807) is 14.2 Å². The van der Waals surface area contributed by atoms with Gasteiger partial charge in [-0.25, -0.2) is 0 Å². The van der Waals surface area contributed by atoms with Gasteiger partial charge in [0.15, 0.2) is 17.5 Å². The van der Waals surface area contributed by atoms with E-state index in [0.29, 0.717) is 6.79 Å². The number of nitrogens with one attached hydrogen (secondary N) is 2. The van der Waals surface area contributed by atoms with Crippen molar-refractivity contribution >= 4 is 5.96 Å². The van der Waals surface area contributed by atoms with Crippen LogP contribution >= 0.6 is 0 Å². The predicted octanol–water partition coefficient (Wildman–Crippen LogP) is 1.23. The number of nitrogens with zero attached hydrogens (tertiary/aromatic N) is 2. The van der Waals surface area contributed by atoms with E-state index >= 15 is 0 Å². The number of fused-ring (bicyclic) bond motifs is 1. The Labute approximate surface area is 155 Å². The third-order valence-corrected chi connectivity index (χ3v) is 4.70. The van der Waals surface area contributed by atoms with E-state index in [1.165, 1.54) is 18.4 Å². The number of rotatable bonds is 10. The summed E-state index contributed by atoms with van der Waals surface area (Å²) in [5.41, 5.74) is 1.22. The molecule has 0 aromatic heterocycles. The molecule has 1 aromatic rings. The number of ether oxygens (including phenoxy) is 3. The number of guanidine groups is 1. The molecule has 0 spiro atoms. The molecule has 3 rings (SSSR count). The summed E-state index contributed by atoms with van der Waals surface area (Å²) in [4.78, 5) is 6.80. The minimum absolute atomic E-state index is 0.315. The van der Waals surface area contributed by atoms with E-state index in [9.17, 15) is 0 Å². The molecule has 2 aliphatic rings. The van der Waals surface area contributed by atoms with Gasteiger partial charge in [-0.15, -0.1) is 0 Å². The van der Waals surface area contributed by atoms with Crippen molar-refractivity contribution in [2.45, 2.75) is 25.3 Å². The first-order chi connectivity index (χ1) is 12.8. The third kappa shape index (κ3) is 5.51. The maximum absolute atomic E-state index is 5.42. The van der Waals surface area contributed by atoms with E-state index in [-0.39, 0.29) is 0 Å². The van der Waals surface area contributed by atoms with Gasteiger partial charge in [0.2, 0.25) is 6.79 Å². The van der Waals surface area contributed by atoms with Gasteiger partial charge in [0, 0.05) is 46.4 Å². The van der Waals surface area contributed by atoms with Gasteiger partial charge >= 0.3 is 0 Å². The molecule has 0 unspecified atom stereocenters. The normalized spacial score (nSPS) is 16.2. The Kier molecular flexibility index (Phi) is 6.96. The Morgan fingerprint density at radius 3 is 2.77 bits per heavy atom. The molecule has 7 nitrogen and oxygen atoms in total. The molecule has 0 saturated heterocycles. The van der Waals surface area contributed by atoms with Crippen molar-refractivity contribution in [2.75, 3.05) is 53.7 Å². The molecule has 1 fully saturated rings. The number of aliphatic imine (C=N–C) groups is 1. The highest BCUT2D eigenvalue weighted by Crippen LogP contribution is 2.32. The zero-order valence-electron chi connectivity index (χ0n) is 15.8. The van der Waals surface area contributed by atoms with Crippen molar-refractivity contribution in [2.24, 2.45) is 4.99 Å². The van der Waals surface area contributed by atoms with Crippen LogP contribution in [0.3, 0.4) is 0 Å². The van der Waals surface area contributed by atoms with Gasteiger partial charge in [-0.05, 0) is 37.0 Å². The molecule has 1 heterocycles. The molecular formula is C19H30N4O3. The lowest BCUT2D eigenvalue weighted by molar-refractivity contribution is 0.144. The van der Waals surface area contributed by atoms with E-state index < -0.39 is 0 Å². The number of hydrogen-bond acceptors (Lipinski definition) is 5. The van der Waals surface area contributed by atoms with E-state index in [4.69, 9.17) is 14.2 Å². The first-order valence-electron chi connectivity index (χ1n) is 9.36. The van der Waals surface area contributed by atoms with Crippen molar-refractivity contribution in [3.8, 4) is 11.5 Å². The van der Waals surface area contributed by atoms with Crippen LogP contribution in [0.4, 0.5) is 0 Å². The molecule has 0 bridgehead atoms. The molecule has 2 N–H and O–H groups in total. The fraction of sp³-hybridized carbons (Fsp3) is 0.632. The zero-order chi connectivity index (χ0) is 18.2. The summed E-state index contributed by atoms with van der Waals surface area (Å²) in [6, 6.07) is 6.84. The summed E-state index contributed by atoms with van der Waals surface area (Å²) < 4.78 is 16.0. The summed E-state index contributed by atoms with van der Waals surface area (Å²) >= 11 is 0. The fourth-order valence-corrected chi connectivity index (χ4v) is 3.09. The van der Waals surface area contributed by atoms with Crippen LogP contribution in [0.2, 0.25) is 0 Å². The van der Waals surface area contributed by atoms with Gasteiger partial charge in [-0.1, -0.05) is 6.07 Å². The van der Waals surface area contributed by atoms with Gasteiger partial charge in [-0.3, -0.25) is 9.89 Å². The fourth-order valence-electron chi connectivity index (χ4n) is 3.09. The van der Waals surface area contributed by atoms with Crippen LogP contribution in [0, 0.1) is 0 Å². The molecule has 26 heavy (non-hydrogen) atoms. The number of hydrogen-bond donors (Lipinski definition) is 2. The lowest BCUT2D eigenvalue weighted by Gasteiger charge is -2.22. The van der Waals surface area contributed by atoms with Crippen LogP contribution in [0.1, 0.15) is 18.4 Å². The maximum atomic E-state index is 5.42. The maximum Gasteiger partial charge on any atom is 0.231 e. The van der Waals surface area contributed by atoms with Crippen LogP contribution in [0.15, 0.2) is 23.2 Å². The van der Waals surface area contributed by atoms with E-state index in [2.05, 4.69) is 26.6 Å². The topological polar surface area (TPSA) is 67.4 Å². The van der Waals surface area contributed by atoms with Crippen LogP contribution in [-0.2, 0) is 11.2 Å². The van der Waals surface area contributed by atoms with E-state index in [0.717, 1.165) is 62.7 Å². The second-order valence-electron chi connectivity index (χ2n) is 6.62. The van der Waals surface area contributed by atoms with Crippen molar-refractivity contribution in [3.63, 3.8) is 0 Å². The highest BCUT2D eigenvalue weighted by Gasteiger charge is 2.28. The Hall–Kier alpha value is -1.99. The first kappa shape index (κ1) is 18.8. The summed E-state index contributed by atoms with van der Waals surface area (Å²) in [7, 11) is 3.56. The highest BCUT2D eigenvalue weighted by molar-refractivity contribution is 5.79. The Morgan fingerprint density at radius 2 is 2.00 bits per heavy atom. The molecule has 7 heteroatoms. The van der Waals surface area contributed by atoms with E-state index in [1.807, 2.05) is 12.1 Å². The highest BCUT2D eigenvalue weighted by atomic mass is 16.7. The minimum Gasteiger partial charge on any atom is -0.454 e. The Morgan fingerprint density at radius 1 is 1.19 bits per heavy atom. The van der Waals surface area contributed by atoms with Crippen molar-refractivity contribution in [1.29, 1.82) is 0 Å². The molecule has 144 valence electrons. The third-order valence-electron chi connectivity index (χ3n) is 4.70. The van der Waals surface area contributed by atoms with Gasteiger partial charge in [0.1, 0.15) is 0 Å². The molecule has 1 aliphatic heterocycles. The van der Waals surface area contributed by atoms with Crippen LogP contribution < -0.4 is 20.1 Å². The Bertz CT molecular complexity index is 604. The van der Waals surface area contributed by atoms with Gasteiger partial charge in [0.05, 0.1) is 6.61 Å². The van der Waals surface area contributed by atoms with Crippen LogP contribution in [0.5, 0.6) is 11.5 Å². The molecule has 1 saturated carbocycles. The average molecular weight is 362 g/mol. The SMILES string of the molecule is CN=C(NCCc1ccc2c(c1)OCO2)NCCN(CCOC)C1CC1. The van der Waals surface area contributed by atoms with Crippen LogP contribution in [0.25, 0.3) is 0 Å². The molecule has 1 aliphatic carbocycles. The summed E-state index contributed by atoms with van der Waals surface area (Å²) in [5, 5.41) is 6.77. The lowest BCUT2D eigenvalue weighted by atomic mass is 10.1. The van der Waals surface area contributed by atoms with Crippen molar-refractivity contribution < 1.29 is 14.2 Å². The zero-order valence-corrected chi connectivity index (χ0v) is 15.8. The van der Waals surface area contributed by atoms with Gasteiger partial charge in [0.25, 0.3) is 0 Å². The number of methoxy groups -OCH3 is 1. The quantitative estimate of drug-likeness (QED) is 0.482. The molecule has 0 radical (unpaired) electrons. The van der Waals surface area contributed by atoms with Crippen LogP contribution in [-0.4, -0.2) is 70.6 Å². The molecule has 1 aromatic carbocycles. The molecule has 0 amide bonds. The second kappa shape index (κ2) is 9.64. The summed E-state index contributed by atoms with van der Waals surface area (Å²) in [6.07, 6.45) is 3.53. The summed E-state index contributed by atoms with van der Waals surface area (Å²) in [5.74, 6) is 2.50. The number of benzene rings is 1. The van der Waals surface area contributed by atoms with Crippen molar-refractivity contribution in [3.05, 3.63) is 23.8 Å². The molecular weight excluding hydrogens is 332 g/mol. The average Bonchev–Trinajstić information content (AvgIpc) is 3.40. The standard InChI is InChI=1S/C19H30N4O3/c1-20-19(22-9-10-23(11-12-24-2)16-4-5-16)21-8-7-15-3-6-17-18(13-15)26-14-25-17/h3,6,13,16H,4-5,7-12,14H2,1-2H3,(H2,20,21,22). The monoisotopic (exact) mass is 362 g/mol. The molecule has 0 atom stereocenters. The first-order valence-corrected chi connectivity index (χ1v) is 9.36. The minimum atomic E-state index is 0.315. The van der Waals surface area contributed by atoms with Gasteiger partial charge in [-0.2, -0.15) is 0 Å². The summed E-state index contributed by atoms with van der Waals surface area (Å²) in [6.45, 7) is 4.81. The lowest BCUT2D eigenvalue weighted by Crippen LogP contribution is -2.43. The van der Waals surface area contributed by atoms with Crippen molar-refractivity contribution in [1.82, 2.24) is 15.5 Å². The van der Waals surface area contributed by atoms with Gasteiger partial charge < -0.3 is 24.8 Å². The smallest absolute Gasteiger partial charge is 0.231 e.